The lowest BCUT2D eigenvalue weighted by molar-refractivity contribution is -0.143. The molecule has 1 fully saturated rings. The summed E-state index contributed by atoms with van der Waals surface area (Å²) >= 11 is 0. The number of rotatable bonds is 15. The Morgan fingerprint density at radius 3 is 2.49 bits per heavy atom. The van der Waals surface area contributed by atoms with E-state index in [1.807, 2.05) is 19.1 Å². The fourth-order valence-corrected chi connectivity index (χ4v) is 6.97. The fourth-order valence-electron chi connectivity index (χ4n) is 6.97. The molecule has 1 unspecified atom stereocenters. The van der Waals surface area contributed by atoms with Crippen molar-refractivity contribution in [1.29, 1.82) is 0 Å². The number of para-hydroxylation sites is 1. The maximum Gasteiger partial charge on any atom is 0.354 e. The molecule has 3 aromatic rings. The third-order valence-electron chi connectivity index (χ3n) is 9.39. The second-order valence-corrected chi connectivity index (χ2v) is 12.5. The maximum atomic E-state index is 11.9. The quantitative estimate of drug-likeness (QED) is 0.137. The van der Waals surface area contributed by atoms with Gasteiger partial charge in [-0.15, -0.1) is 0 Å². The van der Waals surface area contributed by atoms with Gasteiger partial charge in [-0.1, -0.05) is 67.8 Å². The second kappa shape index (κ2) is 16.6. The van der Waals surface area contributed by atoms with Crippen LogP contribution in [0, 0.1) is 0 Å². The van der Waals surface area contributed by atoms with Crippen molar-refractivity contribution in [1.82, 2.24) is 9.88 Å². The first-order chi connectivity index (χ1) is 22.0. The summed E-state index contributed by atoms with van der Waals surface area (Å²) in [5.74, 6) is 0.473. The SMILES string of the molecule is CCOC(=O)CCCCN(CCc1ccccc1OCc1ccc(C2CCCCC2)cc1)C1CCCc2nc(C(=O)O)ccc21. The van der Waals surface area contributed by atoms with Gasteiger partial charge in [0.15, 0.2) is 0 Å². The number of fused-ring (bicyclic) bond motifs is 1. The van der Waals surface area contributed by atoms with Crippen LogP contribution < -0.4 is 4.74 Å². The van der Waals surface area contributed by atoms with Gasteiger partial charge in [0.05, 0.1) is 6.61 Å². The summed E-state index contributed by atoms with van der Waals surface area (Å²) in [6.45, 7) is 4.43. The molecule has 5 rings (SSSR count). The van der Waals surface area contributed by atoms with Crippen LogP contribution in [0.15, 0.2) is 60.7 Å². The number of carboxylic acids is 1. The van der Waals surface area contributed by atoms with E-state index in [1.54, 1.807) is 6.07 Å². The number of pyridine rings is 1. The molecule has 7 nitrogen and oxygen atoms in total. The molecule has 2 aliphatic carbocycles. The number of nitrogens with zero attached hydrogens (tertiary/aromatic N) is 2. The Labute approximate surface area is 268 Å². The Bertz CT molecular complexity index is 1400. The number of esters is 1. The van der Waals surface area contributed by atoms with Crippen LogP contribution in [-0.4, -0.2) is 46.6 Å². The largest absolute Gasteiger partial charge is 0.489 e. The zero-order valence-corrected chi connectivity index (χ0v) is 26.7. The minimum Gasteiger partial charge on any atom is -0.489 e. The van der Waals surface area contributed by atoms with Crippen molar-refractivity contribution in [2.75, 3.05) is 19.7 Å². The molecule has 0 radical (unpaired) electrons. The molecular formula is C38H48N2O5. The minimum atomic E-state index is -0.993. The summed E-state index contributed by atoms with van der Waals surface area (Å²) in [5.41, 5.74) is 5.92. The van der Waals surface area contributed by atoms with Gasteiger partial charge in [-0.2, -0.15) is 0 Å². The number of aromatic carboxylic acids is 1. The Hall–Kier alpha value is -3.71. The fraction of sp³-hybridized carbons (Fsp3) is 0.500. The molecule has 0 aliphatic heterocycles. The van der Waals surface area contributed by atoms with Crippen LogP contribution in [0.5, 0.6) is 5.75 Å². The molecule has 240 valence electrons. The van der Waals surface area contributed by atoms with E-state index >= 15 is 0 Å². The van der Waals surface area contributed by atoms with Crippen LogP contribution in [0.2, 0.25) is 0 Å². The van der Waals surface area contributed by atoms with Crippen LogP contribution in [0.1, 0.15) is 122 Å². The smallest absolute Gasteiger partial charge is 0.354 e. The van der Waals surface area contributed by atoms with Crippen molar-refractivity contribution in [3.05, 3.63) is 94.3 Å². The number of ether oxygens (including phenoxy) is 2. The van der Waals surface area contributed by atoms with E-state index in [-0.39, 0.29) is 17.7 Å². The summed E-state index contributed by atoms with van der Waals surface area (Å²) in [5, 5.41) is 9.48. The molecule has 2 aliphatic rings. The number of unbranched alkanes of at least 4 members (excludes halogenated alkanes) is 1. The van der Waals surface area contributed by atoms with Crippen molar-refractivity contribution in [2.45, 2.75) is 103 Å². The van der Waals surface area contributed by atoms with E-state index in [0.29, 0.717) is 25.6 Å². The number of hydrogen-bond acceptors (Lipinski definition) is 6. The molecule has 0 amide bonds. The molecule has 2 aromatic carbocycles. The lowest BCUT2D eigenvalue weighted by Crippen LogP contribution is -2.34. The highest BCUT2D eigenvalue weighted by molar-refractivity contribution is 5.85. The predicted molar refractivity (Wildman–Crippen MR) is 176 cm³/mol. The van der Waals surface area contributed by atoms with Gasteiger partial charge in [-0.25, -0.2) is 9.78 Å². The highest BCUT2D eigenvalue weighted by atomic mass is 16.5. The normalized spacial score (nSPS) is 16.7. The Kier molecular flexibility index (Phi) is 12.0. The molecule has 0 saturated heterocycles. The third kappa shape index (κ3) is 9.16. The van der Waals surface area contributed by atoms with Crippen LogP contribution in [0.4, 0.5) is 0 Å². The van der Waals surface area contributed by atoms with Crippen molar-refractivity contribution >= 4 is 11.9 Å². The number of aryl methyl sites for hydroxylation is 1. The molecule has 7 heteroatoms. The first-order valence-electron chi connectivity index (χ1n) is 16.9. The van der Waals surface area contributed by atoms with Gasteiger partial charge in [0, 0.05) is 24.7 Å². The van der Waals surface area contributed by atoms with E-state index < -0.39 is 5.97 Å². The summed E-state index contributed by atoms with van der Waals surface area (Å²) < 4.78 is 11.5. The van der Waals surface area contributed by atoms with Crippen molar-refractivity contribution in [3.63, 3.8) is 0 Å². The van der Waals surface area contributed by atoms with Gasteiger partial charge in [0.1, 0.15) is 18.1 Å². The topological polar surface area (TPSA) is 89.0 Å². The molecule has 1 atom stereocenters. The van der Waals surface area contributed by atoms with Crippen molar-refractivity contribution in [2.24, 2.45) is 0 Å². The minimum absolute atomic E-state index is 0.102. The van der Waals surface area contributed by atoms with Gasteiger partial charge in [0.2, 0.25) is 0 Å². The highest BCUT2D eigenvalue weighted by Gasteiger charge is 2.28. The Balaban J connectivity index is 1.25. The number of benzene rings is 2. The monoisotopic (exact) mass is 612 g/mol. The van der Waals surface area contributed by atoms with Crippen molar-refractivity contribution in [3.8, 4) is 5.75 Å². The Morgan fingerprint density at radius 2 is 1.71 bits per heavy atom. The number of carboxylic acid groups (broad SMARTS) is 1. The molecule has 1 N–H and O–H groups in total. The first-order valence-corrected chi connectivity index (χ1v) is 16.9. The van der Waals surface area contributed by atoms with Gasteiger partial charge >= 0.3 is 11.9 Å². The zero-order chi connectivity index (χ0) is 31.4. The summed E-state index contributed by atoms with van der Waals surface area (Å²) in [4.78, 5) is 30.5. The van der Waals surface area contributed by atoms with Crippen LogP contribution >= 0.6 is 0 Å². The summed E-state index contributed by atoms with van der Waals surface area (Å²) in [6, 6.07) is 21.1. The average molecular weight is 613 g/mol. The van der Waals surface area contributed by atoms with Crippen LogP contribution in [-0.2, 0) is 29.0 Å². The predicted octanol–water partition coefficient (Wildman–Crippen LogP) is 8.06. The van der Waals surface area contributed by atoms with E-state index in [2.05, 4.69) is 52.3 Å². The summed E-state index contributed by atoms with van der Waals surface area (Å²) in [6.07, 6.45) is 12.3. The molecule has 0 spiro atoms. The van der Waals surface area contributed by atoms with E-state index in [1.165, 1.54) is 48.8 Å². The van der Waals surface area contributed by atoms with Gasteiger partial charge in [-0.05, 0) is 105 Å². The van der Waals surface area contributed by atoms with Gasteiger partial charge < -0.3 is 14.6 Å². The van der Waals surface area contributed by atoms with Crippen LogP contribution in [0.3, 0.4) is 0 Å². The van der Waals surface area contributed by atoms with Crippen LogP contribution in [0.25, 0.3) is 0 Å². The Morgan fingerprint density at radius 1 is 0.911 bits per heavy atom. The lowest BCUT2D eigenvalue weighted by Gasteiger charge is -2.36. The number of hydrogen-bond donors (Lipinski definition) is 1. The lowest BCUT2D eigenvalue weighted by atomic mass is 9.84. The van der Waals surface area contributed by atoms with E-state index in [9.17, 15) is 14.7 Å². The number of carbonyl (C=O) groups is 2. The maximum absolute atomic E-state index is 11.9. The molecular weight excluding hydrogens is 564 g/mol. The third-order valence-corrected chi connectivity index (χ3v) is 9.39. The first kappa shape index (κ1) is 32.7. The molecule has 1 heterocycles. The second-order valence-electron chi connectivity index (χ2n) is 12.5. The van der Waals surface area contributed by atoms with Gasteiger partial charge in [0.25, 0.3) is 0 Å². The van der Waals surface area contributed by atoms with Gasteiger partial charge in [-0.3, -0.25) is 9.69 Å². The molecule has 45 heavy (non-hydrogen) atoms. The molecule has 1 aromatic heterocycles. The average Bonchev–Trinajstić information content (AvgIpc) is 3.07. The van der Waals surface area contributed by atoms with E-state index in [0.717, 1.165) is 68.6 Å². The summed E-state index contributed by atoms with van der Waals surface area (Å²) in [7, 11) is 0. The molecule has 0 bridgehead atoms. The molecule has 1 saturated carbocycles. The van der Waals surface area contributed by atoms with Crippen molar-refractivity contribution < 1.29 is 24.2 Å². The number of carbonyl (C=O) groups excluding carboxylic acids is 1. The zero-order valence-electron chi connectivity index (χ0n) is 26.7. The highest BCUT2D eigenvalue weighted by Crippen LogP contribution is 2.35. The number of aromatic nitrogens is 1. The standard InChI is InChI=1S/C38H48N2O5/c1-2-44-37(41)17-8-9-25-40(35-15-10-14-33-32(35)22-23-34(39-33)38(42)43)26-24-31-13-6-7-16-36(31)45-27-28-18-20-30(21-19-28)29-11-4-3-5-12-29/h6-7,13,16,18-23,29,35H,2-5,8-12,14-15,17,24-27H2,1H3,(H,42,43). The van der Waals surface area contributed by atoms with E-state index in [4.69, 9.17) is 9.47 Å².